The Morgan fingerprint density at radius 1 is 1.33 bits per heavy atom. The molecule has 1 N–H and O–H groups in total. The van der Waals surface area contributed by atoms with Crippen molar-refractivity contribution in [3.05, 3.63) is 0 Å². The molecule has 0 amide bonds. The molecule has 18 heavy (non-hydrogen) atoms. The molecule has 0 atom stereocenters. The van der Waals surface area contributed by atoms with Gasteiger partial charge in [-0.1, -0.05) is 13.8 Å². The Hall–Kier alpha value is -0.610. The average molecular weight is 257 g/mol. The quantitative estimate of drug-likeness (QED) is 0.760. The number of carboxylic acid groups (broad SMARTS) is 1. The molecule has 106 valence electrons. The summed E-state index contributed by atoms with van der Waals surface area (Å²) < 4.78 is 5.35. The van der Waals surface area contributed by atoms with Gasteiger partial charge in [-0.2, -0.15) is 0 Å². The summed E-state index contributed by atoms with van der Waals surface area (Å²) in [6, 6.07) is 0. The molecule has 0 bridgehead atoms. The molecule has 0 aliphatic carbocycles. The SMILES string of the molecule is CCC(CC)(CN(C)CC1CCOCC1)C(=O)O. The van der Waals surface area contributed by atoms with E-state index < -0.39 is 11.4 Å². The van der Waals surface area contributed by atoms with Crippen LogP contribution in [0.25, 0.3) is 0 Å². The Morgan fingerprint density at radius 2 is 1.89 bits per heavy atom. The number of carboxylic acids is 1. The fraction of sp³-hybridized carbons (Fsp3) is 0.929. The molecule has 1 aliphatic heterocycles. The first-order valence-corrected chi connectivity index (χ1v) is 7.03. The van der Waals surface area contributed by atoms with Crippen molar-refractivity contribution in [3.8, 4) is 0 Å². The third-order valence-electron chi connectivity index (χ3n) is 4.29. The highest BCUT2D eigenvalue weighted by molar-refractivity contribution is 5.74. The van der Waals surface area contributed by atoms with Crippen LogP contribution in [0.2, 0.25) is 0 Å². The van der Waals surface area contributed by atoms with E-state index in [1.54, 1.807) is 0 Å². The molecule has 1 aliphatic rings. The zero-order chi connectivity index (χ0) is 13.6. The summed E-state index contributed by atoms with van der Waals surface area (Å²) in [6.45, 7) is 7.28. The van der Waals surface area contributed by atoms with Gasteiger partial charge >= 0.3 is 5.97 Å². The highest BCUT2D eigenvalue weighted by atomic mass is 16.5. The van der Waals surface area contributed by atoms with Crippen molar-refractivity contribution >= 4 is 5.97 Å². The normalized spacial score (nSPS) is 18.2. The zero-order valence-corrected chi connectivity index (χ0v) is 11.9. The van der Waals surface area contributed by atoms with Gasteiger partial charge in [0.2, 0.25) is 0 Å². The molecule has 1 fully saturated rings. The van der Waals surface area contributed by atoms with Crippen LogP contribution in [-0.4, -0.2) is 49.3 Å². The van der Waals surface area contributed by atoms with E-state index in [1.165, 1.54) is 0 Å². The topological polar surface area (TPSA) is 49.8 Å². The number of hydrogen-bond donors (Lipinski definition) is 1. The lowest BCUT2D eigenvalue weighted by Crippen LogP contribution is -2.43. The third-order valence-corrected chi connectivity index (χ3v) is 4.29. The molecule has 1 rings (SSSR count). The van der Waals surface area contributed by atoms with E-state index >= 15 is 0 Å². The monoisotopic (exact) mass is 257 g/mol. The van der Waals surface area contributed by atoms with Crippen molar-refractivity contribution < 1.29 is 14.6 Å². The lowest BCUT2D eigenvalue weighted by molar-refractivity contribution is -0.150. The molecule has 4 heteroatoms. The minimum Gasteiger partial charge on any atom is -0.481 e. The Morgan fingerprint density at radius 3 is 2.33 bits per heavy atom. The van der Waals surface area contributed by atoms with E-state index in [2.05, 4.69) is 4.90 Å². The van der Waals surface area contributed by atoms with Gasteiger partial charge in [-0.3, -0.25) is 4.79 Å². The first kappa shape index (κ1) is 15.4. The van der Waals surface area contributed by atoms with Gasteiger partial charge in [0.15, 0.2) is 0 Å². The van der Waals surface area contributed by atoms with E-state index in [-0.39, 0.29) is 0 Å². The number of ether oxygens (including phenoxy) is 1. The molecule has 0 radical (unpaired) electrons. The Balaban J connectivity index is 2.50. The first-order chi connectivity index (χ1) is 8.54. The largest absolute Gasteiger partial charge is 0.481 e. The van der Waals surface area contributed by atoms with E-state index in [4.69, 9.17) is 4.74 Å². The highest BCUT2D eigenvalue weighted by Gasteiger charge is 2.36. The van der Waals surface area contributed by atoms with Gasteiger partial charge in [-0.05, 0) is 38.6 Å². The van der Waals surface area contributed by atoms with Crippen LogP contribution in [0.1, 0.15) is 39.5 Å². The van der Waals surface area contributed by atoms with Gasteiger partial charge < -0.3 is 14.7 Å². The smallest absolute Gasteiger partial charge is 0.310 e. The van der Waals surface area contributed by atoms with Gasteiger partial charge in [-0.15, -0.1) is 0 Å². The van der Waals surface area contributed by atoms with Gasteiger partial charge in [0.25, 0.3) is 0 Å². The molecule has 0 aromatic rings. The lowest BCUT2D eigenvalue weighted by atomic mass is 9.81. The van der Waals surface area contributed by atoms with Crippen LogP contribution in [0.3, 0.4) is 0 Å². The average Bonchev–Trinajstić information content (AvgIpc) is 2.37. The summed E-state index contributed by atoms with van der Waals surface area (Å²) in [5.41, 5.74) is -0.583. The maximum Gasteiger partial charge on any atom is 0.310 e. The van der Waals surface area contributed by atoms with Crippen molar-refractivity contribution in [2.45, 2.75) is 39.5 Å². The van der Waals surface area contributed by atoms with Crippen molar-refractivity contribution in [2.75, 3.05) is 33.4 Å². The molecule has 0 aromatic carbocycles. The van der Waals surface area contributed by atoms with Crippen LogP contribution in [0.5, 0.6) is 0 Å². The summed E-state index contributed by atoms with van der Waals surface area (Å²) in [6.07, 6.45) is 3.58. The third kappa shape index (κ3) is 3.95. The maximum atomic E-state index is 11.5. The second-order valence-corrected chi connectivity index (χ2v) is 5.55. The number of hydrogen-bond acceptors (Lipinski definition) is 3. The number of rotatable bonds is 7. The van der Waals surface area contributed by atoms with Crippen molar-refractivity contribution in [1.82, 2.24) is 4.90 Å². The van der Waals surface area contributed by atoms with E-state index in [9.17, 15) is 9.90 Å². The molecule has 1 heterocycles. The molecular formula is C14H27NO3. The van der Waals surface area contributed by atoms with E-state index in [1.807, 2.05) is 20.9 Å². The molecule has 0 unspecified atom stereocenters. The van der Waals surface area contributed by atoms with Crippen LogP contribution < -0.4 is 0 Å². The molecule has 0 saturated carbocycles. The zero-order valence-electron chi connectivity index (χ0n) is 11.9. The minimum atomic E-state index is -0.661. The summed E-state index contributed by atoms with van der Waals surface area (Å²) in [4.78, 5) is 13.7. The van der Waals surface area contributed by atoms with Gasteiger partial charge in [0.1, 0.15) is 0 Å². The van der Waals surface area contributed by atoms with Gasteiger partial charge in [-0.25, -0.2) is 0 Å². The molecular weight excluding hydrogens is 230 g/mol. The fourth-order valence-electron chi connectivity index (χ4n) is 2.79. The number of nitrogens with zero attached hydrogens (tertiary/aromatic N) is 1. The predicted molar refractivity (Wildman–Crippen MR) is 71.7 cm³/mol. The maximum absolute atomic E-state index is 11.5. The van der Waals surface area contributed by atoms with Crippen LogP contribution in [0, 0.1) is 11.3 Å². The fourth-order valence-corrected chi connectivity index (χ4v) is 2.79. The molecule has 4 nitrogen and oxygen atoms in total. The second kappa shape index (κ2) is 7.10. The van der Waals surface area contributed by atoms with E-state index in [0.29, 0.717) is 25.3 Å². The highest BCUT2D eigenvalue weighted by Crippen LogP contribution is 2.28. The van der Waals surface area contributed by atoms with Crippen molar-refractivity contribution in [3.63, 3.8) is 0 Å². The van der Waals surface area contributed by atoms with Gasteiger partial charge in [0.05, 0.1) is 5.41 Å². The molecule has 1 saturated heterocycles. The van der Waals surface area contributed by atoms with Gasteiger partial charge in [0, 0.05) is 26.3 Å². The standard InChI is InChI=1S/C14H27NO3/c1-4-14(5-2,13(16)17)11-15(3)10-12-6-8-18-9-7-12/h12H,4-11H2,1-3H3,(H,16,17). The summed E-state index contributed by atoms with van der Waals surface area (Å²) >= 11 is 0. The van der Waals surface area contributed by atoms with Crippen LogP contribution >= 0.6 is 0 Å². The van der Waals surface area contributed by atoms with E-state index in [0.717, 1.165) is 32.6 Å². The van der Waals surface area contributed by atoms with Crippen LogP contribution in [0.15, 0.2) is 0 Å². The summed E-state index contributed by atoms with van der Waals surface area (Å²) in [5.74, 6) is -0.00437. The number of carbonyl (C=O) groups is 1. The number of aliphatic carboxylic acids is 1. The lowest BCUT2D eigenvalue weighted by Gasteiger charge is -2.34. The van der Waals surface area contributed by atoms with Crippen LogP contribution in [-0.2, 0) is 9.53 Å². The van der Waals surface area contributed by atoms with Crippen molar-refractivity contribution in [1.29, 1.82) is 0 Å². The Bertz CT molecular complexity index is 258. The first-order valence-electron chi connectivity index (χ1n) is 7.03. The molecule has 0 aromatic heterocycles. The summed E-state index contributed by atoms with van der Waals surface area (Å²) in [7, 11) is 2.04. The minimum absolute atomic E-state index is 0.583. The van der Waals surface area contributed by atoms with Crippen molar-refractivity contribution in [2.24, 2.45) is 11.3 Å². The predicted octanol–water partition coefficient (Wildman–Crippen LogP) is 2.24. The van der Waals surface area contributed by atoms with Crippen LogP contribution in [0.4, 0.5) is 0 Å². The summed E-state index contributed by atoms with van der Waals surface area (Å²) in [5, 5.41) is 9.43. The molecule has 0 spiro atoms. The second-order valence-electron chi connectivity index (χ2n) is 5.55. The Kier molecular flexibility index (Phi) is 6.09. The Labute approximate surface area is 110 Å².